The Hall–Kier alpha value is -2.47. The fraction of sp³-hybridized carbons (Fsp3) is 0.389. The fourth-order valence-corrected chi connectivity index (χ4v) is 3.60. The Morgan fingerprint density at radius 1 is 1.12 bits per heavy atom. The molecule has 24 heavy (non-hydrogen) atoms. The van der Waals surface area contributed by atoms with E-state index in [0.717, 1.165) is 42.4 Å². The van der Waals surface area contributed by atoms with Gasteiger partial charge in [-0.1, -0.05) is 12.1 Å². The molecule has 2 aliphatic rings. The number of fused-ring (bicyclic) bond motifs is 1. The number of aromatic nitrogens is 1. The number of anilines is 1. The molecule has 0 saturated carbocycles. The summed E-state index contributed by atoms with van der Waals surface area (Å²) < 4.78 is 0. The lowest BCUT2D eigenvalue weighted by Crippen LogP contribution is -2.49. The number of hydrogen-bond donors (Lipinski definition) is 2. The van der Waals surface area contributed by atoms with Crippen molar-refractivity contribution in [1.82, 2.24) is 15.6 Å². The van der Waals surface area contributed by atoms with Crippen LogP contribution < -0.4 is 15.5 Å². The highest BCUT2D eigenvalue weighted by Gasteiger charge is 2.26. The molecule has 1 aromatic heterocycles. The maximum Gasteiger partial charge on any atom is 0.328 e. The lowest BCUT2D eigenvalue weighted by molar-refractivity contribution is -0.120. The van der Waals surface area contributed by atoms with Crippen LogP contribution in [-0.2, 0) is 4.79 Å². The van der Waals surface area contributed by atoms with E-state index in [2.05, 4.69) is 33.8 Å². The molecule has 2 aliphatic heterocycles. The molecule has 0 bridgehead atoms. The van der Waals surface area contributed by atoms with Gasteiger partial charge in [-0.25, -0.2) is 4.79 Å². The summed E-state index contributed by atoms with van der Waals surface area (Å²) in [5, 5.41) is 7.79. The molecule has 0 aliphatic carbocycles. The second-order valence-corrected chi connectivity index (χ2v) is 6.42. The number of nitrogens with zero attached hydrogens (tertiary/aromatic N) is 2. The zero-order valence-corrected chi connectivity index (χ0v) is 13.4. The first-order valence-electron chi connectivity index (χ1n) is 8.42. The Bertz CT molecular complexity index is 799. The largest absolute Gasteiger partial charge is 0.328 e. The average Bonchev–Trinajstić information content (AvgIpc) is 2.62. The molecule has 0 radical (unpaired) electrons. The highest BCUT2D eigenvalue weighted by Crippen LogP contribution is 2.32. The van der Waals surface area contributed by atoms with E-state index in [1.807, 2.05) is 6.20 Å². The summed E-state index contributed by atoms with van der Waals surface area (Å²) in [6.07, 6.45) is 6.15. The van der Waals surface area contributed by atoms with Crippen molar-refractivity contribution in [2.45, 2.75) is 25.2 Å². The van der Waals surface area contributed by atoms with Gasteiger partial charge in [-0.3, -0.25) is 20.0 Å². The van der Waals surface area contributed by atoms with Crippen LogP contribution in [0, 0.1) is 0 Å². The number of carbonyl (C=O) groups excluding carboxylic acids is 2. The first-order chi connectivity index (χ1) is 11.7. The van der Waals surface area contributed by atoms with Crippen LogP contribution in [0.5, 0.6) is 0 Å². The first-order valence-corrected chi connectivity index (χ1v) is 8.42. The lowest BCUT2D eigenvalue weighted by Gasteiger charge is -2.27. The number of carbonyl (C=O) groups is 2. The van der Waals surface area contributed by atoms with Crippen molar-refractivity contribution in [3.63, 3.8) is 0 Å². The Morgan fingerprint density at radius 2 is 1.96 bits per heavy atom. The molecule has 4 rings (SSSR count). The number of rotatable bonds is 2. The molecule has 2 N–H and O–H groups in total. The third-order valence-electron chi connectivity index (χ3n) is 4.92. The highest BCUT2D eigenvalue weighted by molar-refractivity contribution is 6.09. The molecule has 6 heteroatoms. The van der Waals surface area contributed by atoms with Crippen molar-refractivity contribution >= 4 is 28.4 Å². The molecule has 6 nitrogen and oxygen atoms in total. The number of pyridine rings is 1. The minimum absolute atomic E-state index is 0.224. The number of hydrogen-bond acceptors (Lipinski definition) is 4. The summed E-state index contributed by atoms with van der Waals surface area (Å²) in [6.45, 7) is 2.51. The molecular formula is C18H20N4O2. The van der Waals surface area contributed by atoms with E-state index in [-0.39, 0.29) is 11.9 Å². The molecule has 0 spiro atoms. The third kappa shape index (κ3) is 2.73. The fourth-order valence-electron chi connectivity index (χ4n) is 3.60. The average molecular weight is 324 g/mol. The Balaban J connectivity index is 1.70. The molecule has 1 aromatic carbocycles. The van der Waals surface area contributed by atoms with Crippen molar-refractivity contribution in [3.05, 3.63) is 36.2 Å². The van der Waals surface area contributed by atoms with E-state index in [9.17, 15) is 9.59 Å². The molecule has 2 saturated heterocycles. The third-order valence-corrected chi connectivity index (χ3v) is 4.92. The van der Waals surface area contributed by atoms with Crippen LogP contribution in [0.25, 0.3) is 10.8 Å². The number of nitrogens with one attached hydrogen (secondary N) is 2. The van der Waals surface area contributed by atoms with Crippen molar-refractivity contribution in [3.8, 4) is 0 Å². The Kier molecular flexibility index (Phi) is 3.90. The van der Waals surface area contributed by atoms with E-state index in [0.29, 0.717) is 18.9 Å². The molecule has 3 amide bonds. The van der Waals surface area contributed by atoms with Crippen LogP contribution in [0.1, 0.15) is 30.7 Å². The standard InChI is InChI=1S/C18H20N4O2/c23-17-5-8-22(18(24)21-17)16-11-20-10-14-9-13(1-2-15(14)16)12-3-6-19-7-4-12/h1-2,9-12,19H,3-8H2,(H,21,23,24). The normalized spacial score (nSPS) is 19.6. The minimum atomic E-state index is -0.372. The van der Waals surface area contributed by atoms with Gasteiger partial charge in [0, 0.05) is 29.9 Å². The Morgan fingerprint density at radius 3 is 2.75 bits per heavy atom. The predicted octanol–water partition coefficient (Wildman–Crippen LogP) is 2.15. The van der Waals surface area contributed by atoms with Gasteiger partial charge in [0.1, 0.15) is 0 Å². The van der Waals surface area contributed by atoms with E-state index in [1.54, 1.807) is 11.1 Å². The number of benzene rings is 1. The van der Waals surface area contributed by atoms with Crippen LogP contribution in [0.15, 0.2) is 30.6 Å². The summed E-state index contributed by atoms with van der Waals surface area (Å²) in [7, 11) is 0. The monoisotopic (exact) mass is 324 g/mol. The van der Waals surface area contributed by atoms with E-state index in [1.165, 1.54) is 5.56 Å². The quantitative estimate of drug-likeness (QED) is 0.888. The molecular weight excluding hydrogens is 304 g/mol. The van der Waals surface area contributed by atoms with E-state index in [4.69, 9.17) is 0 Å². The van der Waals surface area contributed by atoms with Gasteiger partial charge < -0.3 is 5.32 Å². The molecule has 3 heterocycles. The molecule has 2 fully saturated rings. The van der Waals surface area contributed by atoms with Crippen LogP contribution in [0.3, 0.4) is 0 Å². The summed E-state index contributed by atoms with van der Waals surface area (Å²) in [4.78, 5) is 29.4. The van der Waals surface area contributed by atoms with Gasteiger partial charge in [0.25, 0.3) is 0 Å². The number of imide groups is 1. The molecule has 0 atom stereocenters. The van der Waals surface area contributed by atoms with Gasteiger partial charge in [-0.2, -0.15) is 0 Å². The molecule has 124 valence electrons. The summed E-state index contributed by atoms with van der Waals surface area (Å²) in [5.74, 6) is 0.354. The second kappa shape index (κ2) is 6.20. The van der Waals surface area contributed by atoms with Gasteiger partial charge in [-0.05, 0) is 43.5 Å². The summed E-state index contributed by atoms with van der Waals surface area (Å²) in [5.41, 5.74) is 2.09. The van der Waals surface area contributed by atoms with Crippen LogP contribution in [0.4, 0.5) is 10.5 Å². The van der Waals surface area contributed by atoms with Crippen molar-refractivity contribution < 1.29 is 9.59 Å². The van der Waals surface area contributed by atoms with Gasteiger partial charge in [0.2, 0.25) is 5.91 Å². The van der Waals surface area contributed by atoms with Crippen molar-refractivity contribution in [1.29, 1.82) is 0 Å². The summed E-state index contributed by atoms with van der Waals surface area (Å²) >= 11 is 0. The van der Waals surface area contributed by atoms with Crippen molar-refractivity contribution in [2.75, 3.05) is 24.5 Å². The zero-order chi connectivity index (χ0) is 16.5. The maximum absolute atomic E-state index is 12.1. The smallest absolute Gasteiger partial charge is 0.317 e. The van der Waals surface area contributed by atoms with Crippen molar-refractivity contribution in [2.24, 2.45) is 0 Å². The van der Waals surface area contributed by atoms with Gasteiger partial charge in [0.05, 0.1) is 11.9 Å². The SMILES string of the molecule is O=C1CCN(c2cncc3cc(C4CCNCC4)ccc23)C(=O)N1. The zero-order valence-electron chi connectivity index (χ0n) is 13.4. The van der Waals surface area contributed by atoms with Crippen LogP contribution >= 0.6 is 0 Å². The number of urea groups is 1. The van der Waals surface area contributed by atoms with E-state index < -0.39 is 0 Å². The topological polar surface area (TPSA) is 74.3 Å². The maximum atomic E-state index is 12.1. The summed E-state index contributed by atoms with van der Waals surface area (Å²) in [6, 6.07) is 6.06. The predicted molar refractivity (Wildman–Crippen MR) is 92.1 cm³/mol. The minimum Gasteiger partial charge on any atom is -0.317 e. The van der Waals surface area contributed by atoms with Crippen LogP contribution in [-0.4, -0.2) is 36.6 Å². The highest BCUT2D eigenvalue weighted by atomic mass is 16.2. The second-order valence-electron chi connectivity index (χ2n) is 6.42. The number of amides is 3. The van der Waals surface area contributed by atoms with Gasteiger partial charge >= 0.3 is 6.03 Å². The van der Waals surface area contributed by atoms with Gasteiger partial charge in [0.15, 0.2) is 0 Å². The first kappa shape index (κ1) is 15.1. The molecule has 0 unspecified atom stereocenters. The lowest BCUT2D eigenvalue weighted by atomic mass is 9.89. The Labute approximate surface area is 140 Å². The van der Waals surface area contributed by atoms with E-state index >= 15 is 0 Å². The van der Waals surface area contributed by atoms with Crippen LogP contribution in [0.2, 0.25) is 0 Å². The number of piperidine rings is 1. The molecule has 2 aromatic rings. The van der Waals surface area contributed by atoms with Gasteiger partial charge in [-0.15, -0.1) is 0 Å².